The predicted octanol–water partition coefficient (Wildman–Crippen LogP) is 2.48. The van der Waals surface area contributed by atoms with E-state index < -0.39 is 10.0 Å². The molecule has 1 aliphatic heterocycles. The van der Waals surface area contributed by atoms with Crippen molar-refractivity contribution in [3.63, 3.8) is 0 Å². The van der Waals surface area contributed by atoms with Gasteiger partial charge in [-0.3, -0.25) is 4.99 Å². The monoisotopic (exact) mass is 406 g/mol. The van der Waals surface area contributed by atoms with E-state index in [2.05, 4.69) is 44.2 Å². The molecule has 6 nitrogen and oxygen atoms in total. The molecule has 0 bridgehead atoms. The van der Waals surface area contributed by atoms with Crippen LogP contribution in [0, 0.1) is 0 Å². The first-order chi connectivity index (χ1) is 13.1. The molecule has 3 rings (SSSR count). The number of guanidine groups is 1. The Morgan fingerprint density at radius 3 is 2.78 bits per heavy atom. The van der Waals surface area contributed by atoms with E-state index >= 15 is 0 Å². The van der Waals surface area contributed by atoms with Crippen LogP contribution in [0.25, 0.3) is 0 Å². The van der Waals surface area contributed by atoms with Crippen molar-refractivity contribution in [2.75, 3.05) is 32.7 Å². The van der Waals surface area contributed by atoms with Crippen molar-refractivity contribution in [1.29, 1.82) is 0 Å². The third-order valence-electron chi connectivity index (χ3n) is 4.52. The molecule has 1 atom stereocenters. The average Bonchev–Trinajstić information content (AvgIpc) is 3.37. The Hall–Kier alpha value is -1.90. The van der Waals surface area contributed by atoms with Crippen molar-refractivity contribution in [3.8, 4) is 0 Å². The number of hydrogen-bond acceptors (Lipinski definition) is 4. The van der Waals surface area contributed by atoms with Crippen LogP contribution in [0.4, 0.5) is 0 Å². The van der Waals surface area contributed by atoms with Gasteiger partial charge >= 0.3 is 0 Å². The fourth-order valence-electron chi connectivity index (χ4n) is 3.21. The third-order valence-corrected chi connectivity index (χ3v) is 7.38. The van der Waals surface area contributed by atoms with Crippen molar-refractivity contribution in [2.45, 2.75) is 23.5 Å². The van der Waals surface area contributed by atoms with Crippen molar-refractivity contribution in [3.05, 3.63) is 53.4 Å². The van der Waals surface area contributed by atoms with Gasteiger partial charge in [-0.25, -0.2) is 13.1 Å². The second-order valence-electron chi connectivity index (χ2n) is 6.41. The Kier molecular flexibility index (Phi) is 6.87. The largest absolute Gasteiger partial charge is 0.357 e. The summed E-state index contributed by atoms with van der Waals surface area (Å²) in [6.45, 7) is 5.39. The van der Waals surface area contributed by atoms with Gasteiger partial charge in [-0.15, -0.1) is 11.3 Å². The first kappa shape index (κ1) is 19.9. The number of hydrogen-bond donors (Lipinski definition) is 2. The minimum Gasteiger partial charge on any atom is -0.357 e. The Morgan fingerprint density at radius 2 is 2.07 bits per heavy atom. The molecule has 146 valence electrons. The van der Waals surface area contributed by atoms with Gasteiger partial charge in [0.05, 0.1) is 6.54 Å². The standard InChI is InChI=1S/C19H26N4O2S2/c1-2-20-19(21-11-12-22-27(24,25)18-9-6-14-26-18)23-13-10-17(15-23)16-7-4-3-5-8-16/h3-9,14,17,22H,2,10-13,15H2,1H3,(H,20,21). The number of sulfonamides is 1. The molecule has 0 spiro atoms. The smallest absolute Gasteiger partial charge is 0.250 e. The lowest BCUT2D eigenvalue weighted by Crippen LogP contribution is -2.40. The number of nitrogens with one attached hydrogen (secondary N) is 2. The quantitative estimate of drug-likeness (QED) is 0.421. The Labute approximate surface area is 165 Å². The third kappa shape index (κ3) is 5.31. The molecule has 0 aliphatic carbocycles. The molecule has 2 N–H and O–H groups in total. The van der Waals surface area contributed by atoms with Crippen LogP contribution in [0.15, 0.2) is 57.0 Å². The first-order valence-electron chi connectivity index (χ1n) is 9.21. The van der Waals surface area contributed by atoms with E-state index in [1.807, 2.05) is 13.0 Å². The number of benzene rings is 1. The van der Waals surface area contributed by atoms with Crippen molar-refractivity contribution >= 4 is 27.3 Å². The number of aliphatic imine (C=N–C) groups is 1. The lowest BCUT2D eigenvalue weighted by atomic mass is 9.99. The van der Waals surface area contributed by atoms with Gasteiger partial charge in [-0.05, 0) is 30.4 Å². The van der Waals surface area contributed by atoms with Crippen LogP contribution in [-0.4, -0.2) is 52.0 Å². The predicted molar refractivity (Wildman–Crippen MR) is 111 cm³/mol. The number of likely N-dealkylation sites (tertiary alicyclic amines) is 1. The van der Waals surface area contributed by atoms with E-state index in [0.717, 1.165) is 32.0 Å². The minimum absolute atomic E-state index is 0.283. The molecule has 27 heavy (non-hydrogen) atoms. The van der Waals surface area contributed by atoms with Gasteiger partial charge in [0, 0.05) is 32.1 Å². The highest BCUT2D eigenvalue weighted by atomic mass is 32.2. The highest BCUT2D eigenvalue weighted by Gasteiger charge is 2.25. The van der Waals surface area contributed by atoms with Crippen LogP contribution >= 0.6 is 11.3 Å². The van der Waals surface area contributed by atoms with E-state index in [-0.39, 0.29) is 6.54 Å². The lowest BCUT2D eigenvalue weighted by Gasteiger charge is -2.21. The molecule has 1 saturated heterocycles. The molecule has 8 heteroatoms. The maximum Gasteiger partial charge on any atom is 0.250 e. The summed E-state index contributed by atoms with van der Waals surface area (Å²) >= 11 is 1.21. The SMILES string of the molecule is CCNC(=NCCNS(=O)(=O)c1cccs1)N1CCC(c2ccccc2)C1. The molecule has 0 amide bonds. The molecule has 1 aliphatic rings. The van der Waals surface area contributed by atoms with E-state index in [1.54, 1.807) is 17.5 Å². The molecule has 1 aromatic carbocycles. The van der Waals surface area contributed by atoms with Gasteiger partial charge in [0.25, 0.3) is 0 Å². The summed E-state index contributed by atoms with van der Waals surface area (Å²) < 4.78 is 27.2. The topological polar surface area (TPSA) is 73.8 Å². The molecule has 0 radical (unpaired) electrons. The molecule has 1 unspecified atom stereocenters. The number of rotatable bonds is 7. The van der Waals surface area contributed by atoms with Crippen molar-refractivity contribution < 1.29 is 8.42 Å². The summed E-state index contributed by atoms with van der Waals surface area (Å²) in [6.07, 6.45) is 1.10. The number of thiophene rings is 1. The summed E-state index contributed by atoms with van der Waals surface area (Å²) in [5, 5.41) is 5.08. The highest BCUT2D eigenvalue weighted by molar-refractivity contribution is 7.91. The van der Waals surface area contributed by atoms with E-state index in [1.165, 1.54) is 16.9 Å². The Bertz CT molecular complexity index is 836. The second-order valence-corrected chi connectivity index (χ2v) is 9.35. The molecule has 1 fully saturated rings. The van der Waals surface area contributed by atoms with Crippen LogP contribution in [0.2, 0.25) is 0 Å². The minimum atomic E-state index is -3.43. The van der Waals surface area contributed by atoms with Gasteiger partial charge in [0.2, 0.25) is 10.0 Å². The van der Waals surface area contributed by atoms with Crippen LogP contribution in [0.5, 0.6) is 0 Å². The molecular weight excluding hydrogens is 380 g/mol. The van der Waals surface area contributed by atoms with Crippen LogP contribution in [0.3, 0.4) is 0 Å². The van der Waals surface area contributed by atoms with Gasteiger partial charge in [0.1, 0.15) is 4.21 Å². The Balaban J connectivity index is 1.55. The zero-order valence-corrected chi connectivity index (χ0v) is 17.1. The molecular formula is C19H26N4O2S2. The first-order valence-corrected chi connectivity index (χ1v) is 11.6. The highest BCUT2D eigenvalue weighted by Crippen LogP contribution is 2.26. The normalized spacial score (nSPS) is 18.0. The van der Waals surface area contributed by atoms with Gasteiger partial charge in [0.15, 0.2) is 5.96 Å². The Morgan fingerprint density at radius 1 is 1.26 bits per heavy atom. The molecule has 1 aromatic heterocycles. The maximum atomic E-state index is 12.1. The van der Waals surface area contributed by atoms with E-state index in [0.29, 0.717) is 16.7 Å². The summed E-state index contributed by atoms with van der Waals surface area (Å²) in [7, 11) is -3.43. The summed E-state index contributed by atoms with van der Waals surface area (Å²) in [5.74, 6) is 1.36. The fourth-order valence-corrected chi connectivity index (χ4v) is 5.26. The van der Waals surface area contributed by atoms with E-state index in [4.69, 9.17) is 0 Å². The lowest BCUT2D eigenvalue weighted by molar-refractivity contribution is 0.486. The van der Waals surface area contributed by atoms with Crippen LogP contribution in [-0.2, 0) is 10.0 Å². The maximum absolute atomic E-state index is 12.1. The molecule has 2 heterocycles. The van der Waals surface area contributed by atoms with Crippen LogP contribution < -0.4 is 10.0 Å². The second kappa shape index (κ2) is 9.34. The fraction of sp³-hybridized carbons (Fsp3) is 0.421. The summed E-state index contributed by atoms with van der Waals surface area (Å²) in [4.78, 5) is 6.87. The van der Waals surface area contributed by atoms with Crippen LogP contribution in [0.1, 0.15) is 24.8 Å². The van der Waals surface area contributed by atoms with Gasteiger partial charge in [-0.1, -0.05) is 36.4 Å². The average molecular weight is 407 g/mol. The zero-order chi connectivity index (χ0) is 19.1. The zero-order valence-electron chi connectivity index (χ0n) is 15.5. The summed E-state index contributed by atoms with van der Waals surface area (Å²) in [5.41, 5.74) is 1.36. The molecule has 0 saturated carbocycles. The van der Waals surface area contributed by atoms with E-state index in [9.17, 15) is 8.42 Å². The van der Waals surface area contributed by atoms with Crippen molar-refractivity contribution in [1.82, 2.24) is 14.9 Å². The summed E-state index contributed by atoms with van der Waals surface area (Å²) in [6, 6.07) is 13.9. The van der Waals surface area contributed by atoms with Gasteiger partial charge < -0.3 is 10.2 Å². The number of nitrogens with zero attached hydrogens (tertiary/aromatic N) is 2. The van der Waals surface area contributed by atoms with Crippen molar-refractivity contribution in [2.24, 2.45) is 4.99 Å². The van der Waals surface area contributed by atoms with Gasteiger partial charge in [-0.2, -0.15) is 0 Å². The molecule has 2 aromatic rings.